The van der Waals surface area contributed by atoms with Crippen molar-refractivity contribution < 1.29 is 9.90 Å². The molecule has 0 radical (unpaired) electrons. The van der Waals surface area contributed by atoms with Crippen LogP contribution in [0.3, 0.4) is 0 Å². The van der Waals surface area contributed by atoms with Gasteiger partial charge in [-0.3, -0.25) is 5.32 Å². The molecule has 0 saturated heterocycles. The van der Waals surface area contributed by atoms with Crippen LogP contribution in [0.1, 0.15) is 51.6 Å². The maximum Gasteiger partial charge on any atom is 0.321 e. The summed E-state index contributed by atoms with van der Waals surface area (Å²) in [7, 11) is 0. The van der Waals surface area contributed by atoms with Gasteiger partial charge in [-0.25, -0.2) is 19.7 Å². The Morgan fingerprint density at radius 2 is 1.79 bits per heavy atom. The van der Waals surface area contributed by atoms with Crippen molar-refractivity contribution in [3.05, 3.63) is 35.4 Å². The fraction of sp³-hybridized carbons (Fsp3) is 0.429. The number of carbonyl (C=O) groups is 1. The zero-order valence-electron chi connectivity index (χ0n) is 18.1. The Kier molecular flexibility index (Phi) is 6.92. The average molecular weight is 399 g/mol. The van der Waals surface area contributed by atoms with Crippen molar-refractivity contribution in [2.75, 3.05) is 11.9 Å². The van der Waals surface area contributed by atoms with Crippen molar-refractivity contribution in [1.29, 1.82) is 0 Å². The normalized spacial score (nSPS) is 11.0. The van der Waals surface area contributed by atoms with E-state index in [4.69, 9.17) is 0 Å². The molecule has 0 saturated carbocycles. The van der Waals surface area contributed by atoms with Crippen LogP contribution in [0.2, 0.25) is 0 Å². The number of urea groups is 1. The van der Waals surface area contributed by atoms with E-state index >= 15 is 0 Å². The van der Waals surface area contributed by atoms with E-state index in [1.165, 1.54) is 0 Å². The van der Waals surface area contributed by atoms with E-state index in [-0.39, 0.29) is 6.03 Å². The molecule has 0 atom stereocenters. The van der Waals surface area contributed by atoms with E-state index in [1.54, 1.807) is 26.2 Å². The molecule has 8 heteroatoms. The molecule has 29 heavy (non-hydrogen) atoms. The highest BCUT2D eigenvalue weighted by Gasteiger charge is 2.20. The molecule has 0 spiro atoms. The lowest BCUT2D eigenvalue weighted by atomic mass is 9.97. The van der Waals surface area contributed by atoms with Gasteiger partial charge in [0.15, 0.2) is 5.82 Å². The van der Waals surface area contributed by atoms with Gasteiger partial charge < -0.3 is 15.4 Å². The summed E-state index contributed by atoms with van der Waals surface area (Å²) < 4.78 is 0. The number of aliphatic hydroxyl groups is 1. The Balaban J connectivity index is 0.00000145. The number of nitrogens with zero attached hydrogens (tertiary/aromatic N) is 3. The summed E-state index contributed by atoms with van der Waals surface area (Å²) in [5.41, 5.74) is 4.40. The average Bonchev–Trinajstić information content (AvgIpc) is 3.08. The van der Waals surface area contributed by atoms with Crippen LogP contribution >= 0.6 is 0 Å². The van der Waals surface area contributed by atoms with Crippen LogP contribution in [0.4, 0.5) is 10.7 Å². The van der Waals surface area contributed by atoms with Crippen molar-refractivity contribution in [3.63, 3.8) is 0 Å². The standard InChI is InChI=1S/C19H24N6O2.C2H6/c1-6-20-18(26)25-17-23-14-7-13(10(2)11(3)15(14)24-17)12-8-21-16(22-9-12)19(4,5)27;1-2/h7-9,27H,6H2,1-5H3,(H3,20,23,24,25,26);1-2H3. The molecular formula is C21H30N6O2. The Morgan fingerprint density at radius 1 is 1.17 bits per heavy atom. The minimum atomic E-state index is -1.09. The molecule has 0 fully saturated rings. The van der Waals surface area contributed by atoms with Crippen molar-refractivity contribution in [1.82, 2.24) is 25.3 Å². The van der Waals surface area contributed by atoms with Crippen LogP contribution < -0.4 is 10.6 Å². The number of aromatic amines is 1. The zero-order chi connectivity index (χ0) is 21.8. The molecule has 3 aromatic rings. The first-order valence-electron chi connectivity index (χ1n) is 9.80. The largest absolute Gasteiger partial charge is 0.382 e. The van der Waals surface area contributed by atoms with Crippen LogP contribution in [0.25, 0.3) is 22.2 Å². The molecule has 2 heterocycles. The Morgan fingerprint density at radius 3 is 2.34 bits per heavy atom. The number of rotatable bonds is 4. The fourth-order valence-electron chi connectivity index (χ4n) is 2.86. The number of anilines is 1. The second kappa shape index (κ2) is 9.00. The number of hydrogen-bond acceptors (Lipinski definition) is 5. The molecule has 0 bridgehead atoms. The molecule has 2 amide bonds. The van der Waals surface area contributed by atoms with Gasteiger partial charge >= 0.3 is 6.03 Å². The molecule has 0 aliphatic heterocycles. The van der Waals surface area contributed by atoms with Crippen LogP contribution in [-0.4, -0.2) is 37.6 Å². The van der Waals surface area contributed by atoms with E-state index in [0.717, 1.165) is 33.3 Å². The summed E-state index contributed by atoms with van der Waals surface area (Å²) in [5, 5.41) is 15.4. The van der Waals surface area contributed by atoms with E-state index in [2.05, 4.69) is 30.6 Å². The summed E-state index contributed by atoms with van der Waals surface area (Å²) in [6, 6.07) is 1.66. The minimum Gasteiger partial charge on any atom is -0.382 e. The first-order chi connectivity index (χ1) is 13.7. The molecule has 4 N–H and O–H groups in total. The second-order valence-electron chi connectivity index (χ2n) is 6.99. The Hall–Kier alpha value is -3.00. The lowest BCUT2D eigenvalue weighted by Gasteiger charge is -2.15. The molecule has 0 unspecified atom stereocenters. The highest BCUT2D eigenvalue weighted by molar-refractivity contribution is 5.92. The minimum absolute atomic E-state index is 0.304. The monoisotopic (exact) mass is 398 g/mol. The summed E-state index contributed by atoms with van der Waals surface area (Å²) in [5.74, 6) is 0.765. The van der Waals surface area contributed by atoms with Gasteiger partial charge in [0.25, 0.3) is 0 Å². The summed E-state index contributed by atoms with van der Waals surface area (Å²) in [4.78, 5) is 27.9. The van der Waals surface area contributed by atoms with Crippen molar-refractivity contribution in [2.45, 2.75) is 54.1 Å². The van der Waals surface area contributed by atoms with Crippen molar-refractivity contribution in [3.8, 4) is 11.1 Å². The third-order valence-corrected chi connectivity index (χ3v) is 4.42. The van der Waals surface area contributed by atoms with Crippen LogP contribution in [-0.2, 0) is 5.60 Å². The zero-order valence-corrected chi connectivity index (χ0v) is 18.1. The van der Waals surface area contributed by atoms with Gasteiger partial charge in [0.2, 0.25) is 5.95 Å². The third kappa shape index (κ3) is 4.89. The topological polar surface area (TPSA) is 116 Å². The quantitative estimate of drug-likeness (QED) is 0.529. The molecule has 8 nitrogen and oxygen atoms in total. The maximum absolute atomic E-state index is 11.7. The highest BCUT2D eigenvalue weighted by atomic mass is 16.3. The summed E-state index contributed by atoms with van der Waals surface area (Å²) >= 11 is 0. The lowest BCUT2D eigenvalue weighted by molar-refractivity contribution is 0.0687. The second-order valence-corrected chi connectivity index (χ2v) is 6.99. The molecule has 0 aliphatic carbocycles. The van der Waals surface area contributed by atoms with Gasteiger partial charge in [-0.2, -0.15) is 0 Å². The smallest absolute Gasteiger partial charge is 0.321 e. The molecular weight excluding hydrogens is 368 g/mol. The van der Waals surface area contributed by atoms with Gasteiger partial charge in [-0.15, -0.1) is 0 Å². The SMILES string of the molecule is CC.CCNC(=O)Nc1nc2c(C)c(C)c(-c3cnc(C(C)(C)O)nc3)cc2[nH]1. The Labute approximate surface area is 171 Å². The number of fused-ring (bicyclic) bond motifs is 1. The van der Waals surface area contributed by atoms with E-state index in [9.17, 15) is 9.90 Å². The van der Waals surface area contributed by atoms with Crippen LogP contribution in [0.15, 0.2) is 18.5 Å². The molecule has 1 aromatic carbocycles. The van der Waals surface area contributed by atoms with Crippen LogP contribution in [0, 0.1) is 13.8 Å². The highest BCUT2D eigenvalue weighted by Crippen LogP contribution is 2.31. The van der Waals surface area contributed by atoms with Gasteiger partial charge in [0.05, 0.1) is 11.0 Å². The lowest BCUT2D eigenvalue weighted by Crippen LogP contribution is -2.28. The van der Waals surface area contributed by atoms with Crippen LogP contribution in [0.5, 0.6) is 0 Å². The molecule has 0 aliphatic rings. The van der Waals surface area contributed by atoms with Gasteiger partial charge in [-0.05, 0) is 57.4 Å². The predicted octanol–water partition coefficient (Wildman–Crippen LogP) is 4.03. The number of imidazole rings is 1. The number of carbonyl (C=O) groups excluding carboxylic acids is 1. The number of aromatic nitrogens is 4. The van der Waals surface area contributed by atoms with Gasteiger partial charge in [0.1, 0.15) is 5.60 Å². The summed E-state index contributed by atoms with van der Waals surface area (Å²) in [6.45, 7) is 13.7. The molecule has 2 aromatic heterocycles. The molecule has 3 rings (SSSR count). The predicted molar refractivity (Wildman–Crippen MR) is 116 cm³/mol. The number of aryl methyl sites for hydroxylation is 1. The van der Waals surface area contributed by atoms with E-state index in [0.29, 0.717) is 18.3 Å². The molecule has 156 valence electrons. The first-order valence-corrected chi connectivity index (χ1v) is 9.80. The fourth-order valence-corrected chi connectivity index (χ4v) is 2.86. The van der Waals surface area contributed by atoms with Gasteiger partial charge in [-0.1, -0.05) is 13.8 Å². The number of hydrogen-bond donors (Lipinski definition) is 4. The summed E-state index contributed by atoms with van der Waals surface area (Å²) in [6.07, 6.45) is 3.41. The number of H-pyrrole nitrogens is 1. The Bertz CT molecular complexity index is 987. The number of amides is 2. The first kappa shape index (κ1) is 22.3. The number of benzene rings is 1. The van der Waals surface area contributed by atoms with Crippen molar-refractivity contribution in [2.24, 2.45) is 0 Å². The van der Waals surface area contributed by atoms with Gasteiger partial charge in [0, 0.05) is 24.5 Å². The van der Waals surface area contributed by atoms with Crippen molar-refractivity contribution >= 4 is 23.0 Å². The van der Waals surface area contributed by atoms with E-state index in [1.807, 2.05) is 40.7 Å². The maximum atomic E-state index is 11.7. The third-order valence-electron chi connectivity index (χ3n) is 4.42. The number of nitrogens with one attached hydrogen (secondary N) is 3. The van der Waals surface area contributed by atoms with E-state index < -0.39 is 5.60 Å².